The molecule has 1 aromatic carbocycles. The molecule has 0 fully saturated rings. The predicted molar refractivity (Wildman–Crippen MR) is 73.6 cm³/mol. The first-order valence-electron chi connectivity index (χ1n) is 5.86. The van der Waals surface area contributed by atoms with Gasteiger partial charge in [0.1, 0.15) is 5.82 Å². The van der Waals surface area contributed by atoms with Crippen LogP contribution in [-0.4, -0.2) is 29.5 Å². The summed E-state index contributed by atoms with van der Waals surface area (Å²) in [5.74, 6) is -0.923. The molecule has 0 radical (unpaired) electrons. The number of halogens is 1. The van der Waals surface area contributed by atoms with Gasteiger partial charge in [0.25, 0.3) is 0 Å². The van der Waals surface area contributed by atoms with Crippen molar-refractivity contribution in [2.24, 2.45) is 0 Å². The van der Waals surface area contributed by atoms with Crippen LogP contribution in [0.2, 0.25) is 0 Å². The number of carbonyl (C=O) groups is 2. The predicted octanol–water partition coefficient (Wildman–Crippen LogP) is 2.45. The first kappa shape index (κ1) is 15.5. The monoisotopic (exact) mass is 285 g/mol. The number of anilines is 1. The van der Waals surface area contributed by atoms with Crippen LogP contribution in [0.1, 0.15) is 13.8 Å². The van der Waals surface area contributed by atoms with E-state index in [1.54, 1.807) is 19.9 Å². The van der Waals surface area contributed by atoms with Gasteiger partial charge in [-0.15, -0.1) is 11.8 Å². The smallest absolute Gasteiger partial charge is 0.315 e. The Bertz CT molecular complexity index is 453. The minimum atomic E-state index is -0.423. The SMILES string of the molecule is CCOC(=O)CSC(C)C(=O)Nc1cccc(F)c1. The van der Waals surface area contributed by atoms with Crippen LogP contribution in [0.4, 0.5) is 10.1 Å². The number of hydrogen-bond acceptors (Lipinski definition) is 4. The average molecular weight is 285 g/mol. The standard InChI is InChI=1S/C13H16FNO3S/c1-3-18-12(16)8-19-9(2)13(17)15-11-6-4-5-10(14)7-11/h4-7,9H,3,8H2,1-2H3,(H,15,17). The van der Waals surface area contributed by atoms with Gasteiger partial charge < -0.3 is 10.1 Å². The summed E-state index contributed by atoms with van der Waals surface area (Å²) in [6.07, 6.45) is 0. The molecule has 4 nitrogen and oxygen atoms in total. The highest BCUT2D eigenvalue weighted by Gasteiger charge is 2.15. The van der Waals surface area contributed by atoms with Gasteiger partial charge >= 0.3 is 5.97 Å². The third-order valence-corrected chi connectivity index (χ3v) is 3.33. The molecule has 0 heterocycles. The molecule has 0 aliphatic carbocycles. The molecule has 0 saturated carbocycles. The molecule has 19 heavy (non-hydrogen) atoms. The Kier molecular flexibility index (Phi) is 6.35. The van der Waals surface area contributed by atoms with Crippen LogP contribution >= 0.6 is 11.8 Å². The summed E-state index contributed by atoms with van der Waals surface area (Å²) in [4.78, 5) is 22.9. The fraction of sp³-hybridized carbons (Fsp3) is 0.385. The Morgan fingerprint density at radius 2 is 2.21 bits per heavy atom. The van der Waals surface area contributed by atoms with Crippen LogP contribution in [-0.2, 0) is 14.3 Å². The van der Waals surface area contributed by atoms with Gasteiger partial charge in [-0.2, -0.15) is 0 Å². The molecule has 0 spiro atoms. The third kappa shape index (κ3) is 5.74. The van der Waals surface area contributed by atoms with Gasteiger partial charge in [-0.3, -0.25) is 9.59 Å². The fourth-order valence-corrected chi connectivity index (χ4v) is 1.96. The number of amides is 1. The summed E-state index contributed by atoms with van der Waals surface area (Å²) < 4.78 is 17.7. The van der Waals surface area contributed by atoms with E-state index in [4.69, 9.17) is 4.74 Å². The van der Waals surface area contributed by atoms with Crippen molar-refractivity contribution in [3.63, 3.8) is 0 Å². The first-order valence-corrected chi connectivity index (χ1v) is 6.91. The van der Waals surface area contributed by atoms with E-state index in [2.05, 4.69) is 5.32 Å². The number of esters is 1. The Balaban J connectivity index is 2.42. The molecular weight excluding hydrogens is 269 g/mol. The lowest BCUT2D eigenvalue weighted by atomic mass is 10.3. The summed E-state index contributed by atoms with van der Waals surface area (Å²) in [5.41, 5.74) is 0.397. The van der Waals surface area contributed by atoms with Crippen molar-refractivity contribution in [1.82, 2.24) is 0 Å². The zero-order valence-corrected chi connectivity index (χ0v) is 11.6. The molecule has 0 aromatic heterocycles. The summed E-state index contributed by atoms with van der Waals surface area (Å²) in [5, 5.41) is 2.16. The van der Waals surface area contributed by atoms with Crippen molar-refractivity contribution in [3.05, 3.63) is 30.1 Å². The Labute approximate surface area is 115 Å². The second-order valence-electron chi connectivity index (χ2n) is 3.76. The van der Waals surface area contributed by atoms with Gasteiger partial charge in [0.15, 0.2) is 0 Å². The van der Waals surface area contributed by atoms with Gasteiger partial charge in [0.2, 0.25) is 5.91 Å². The largest absolute Gasteiger partial charge is 0.465 e. The number of rotatable bonds is 6. The van der Waals surface area contributed by atoms with E-state index < -0.39 is 11.1 Å². The van der Waals surface area contributed by atoms with E-state index in [0.717, 1.165) is 0 Å². The fourth-order valence-electron chi connectivity index (χ4n) is 1.28. The van der Waals surface area contributed by atoms with E-state index >= 15 is 0 Å². The highest BCUT2D eigenvalue weighted by atomic mass is 32.2. The van der Waals surface area contributed by atoms with Crippen LogP contribution in [0.25, 0.3) is 0 Å². The van der Waals surface area contributed by atoms with Crippen molar-refractivity contribution >= 4 is 29.3 Å². The quantitative estimate of drug-likeness (QED) is 0.816. The summed E-state index contributed by atoms with van der Waals surface area (Å²) in [6, 6.07) is 5.65. The van der Waals surface area contributed by atoms with Crippen LogP contribution in [0.5, 0.6) is 0 Å². The van der Waals surface area contributed by atoms with Gasteiger partial charge in [-0.25, -0.2) is 4.39 Å². The number of carbonyl (C=O) groups excluding carboxylic acids is 2. The summed E-state index contributed by atoms with van der Waals surface area (Å²) in [6.45, 7) is 3.73. The minimum Gasteiger partial charge on any atom is -0.465 e. The van der Waals surface area contributed by atoms with Gasteiger partial charge in [0.05, 0.1) is 17.6 Å². The van der Waals surface area contributed by atoms with E-state index in [1.807, 2.05) is 0 Å². The molecular formula is C13H16FNO3S. The Hall–Kier alpha value is -1.56. The lowest BCUT2D eigenvalue weighted by Gasteiger charge is -2.11. The molecule has 1 amide bonds. The molecule has 1 atom stereocenters. The van der Waals surface area contributed by atoms with Gasteiger partial charge in [-0.1, -0.05) is 6.07 Å². The summed E-state index contributed by atoms with van der Waals surface area (Å²) in [7, 11) is 0. The van der Waals surface area contributed by atoms with Crippen LogP contribution < -0.4 is 5.32 Å². The Morgan fingerprint density at radius 3 is 2.84 bits per heavy atom. The summed E-state index contributed by atoms with van der Waals surface area (Å²) >= 11 is 1.18. The molecule has 0 aliphatic heterocycles. The maximum atomic E-state index is 12.9. The normalized spacial score (nSPS) is 11.7. The molecule has 0 saturated heterocycles. The zero-order chi connectivity index (χ0) is 14.3. The number of ether oxygens (including phenoxy) is 1. The second-order valence-corrected chi connectivity index (χ2v) is 5.09. The van der Waals surface area contributed by atoms with Crippen molar-refractivity contribution < 1.29 is 18.7 Å². The number of nitrogens with one attached hydrogen (secondary N) is 1. The lowest BCUT2D eigenvalue weighted by molar-refractivity contribution is -0.139. The molecule has 0 aliphatic rings. The van der Waals surface area contributed by atoms with Crippen LogP contribution in [0.3, 0.4) is 0 Å². The molecule has 1 aromatic rings. The van der Waals surface area contributed by atoms with Crippen molar-refractivity contribution in [2.75, 3.05) is 17.7 Å². The highest BCUT2D eigenvalue weighted by molar-refractivity contribution is 8.01. The van der Waals surface area contributed by atoms with Crippen molar-refractivity contribution in [2.45, 2.75) is 19.1 Å². The third-order valence-electron chi connectivity index (χ3n) is 2.22. The number of benzene rings is 1. The van der Waals surface area contributed by atoms with Gasteiger partial charge in [-0.05, 0) is 32.0 Å². The molecule has 104 valence electrons. The first-order chi connectivity index (χ1) is 9.02. The topological polar surface area (TPSA) is 55.4 Å². The maximum absolute atomic E-state index is 12.9. The van der Waals surface area contributed by atoms with Crippen LogP contribution in [0.15, 0.2) is 24.3 Å². The lowest BCUT2D eigenvalue weighted by Crippen LogP contribution is -2.24. The van der Waals surface area contributed by atoms with Crippen molar-refractivity contribution in [3.8, 4) is 0 Å². The highest BCUT2D eigenvalue weighted by Crippen LogP contribution is 2.15. The van der Waals surface area contributed by atoms with E-state index in [-0.39, 0.29) is 17.6 Å². The number of hydrogen-bond donors (Lipinski definition) is 1. The maximum Gasteiger partial charge on any atom is 0.315 e. The number of thioether (sulfide) groups is 1. The minimum absolute atomic E-state index is 0.117. The molecule has 1 rings (SSSR count). The van der Waals surface area contributed by atoms with Crippen molar-refractivity contribution in [1.29, 1.82) is 0 Å². The van der Waals surface area contributed by atoms with E-state index in [9.17, 15) is 14.0 Å². The zero-order valence-electron chi connectivity index (χ0n) is 10.8. The second kappa shape index (κ2) is 7.78. The van der Waals surface area contributed by atoms with E-state index in [0.29, 0.717) is 12.3 Å². The Morgan fingerprint density at radius 1 is 1.47 bits per heavy atom. The average Bonchev–Trinajstić information content (AvgIpc) is 2.36. The molecule has 6 heteroatoms. The molecule has 1 N–H and O–H groups in total. The molecule has 1 unspecified atom stereocenters. The van der Waals surface area contributed by atoms with Gasteiger partial charge in [0, 0.05) is 5.69 Å². The van der Waals surface area contributed by atoms with Crippen LogP contribution in [0, 0.1) is 5.82 Å². The molecule has 0 bridgehead atoms. The van der Waals surface area contributed by atoms with E-state index in [1.165, 1.54) is 30.0 Å².